The van der Waals surface area contributed by atoms with Crippen molar-refractivity contribution in [2.24, 2.45) is 10.3 Å². The molecule has 74 valence electrons. The minimum atomic E-state index is -0.830. The van der Waals surface area contributed by atoms with E-state index < -0.39 is 10.8 Å². The average molecular weight is 199 g/mol. The van der Waals surface area contributed by atoms with Crippen LogP contribution < -0.4 is 5.43 Å². The van der Waals surface area contributed by atoms with E-state index in [0.717, 1.165) is 0 Å². The summed E-state index contributed by atoms with van der Waals surface area (Å²) < 4.78 is 0. The van der Waals surface area contributed by atoms with Crippen LogP contribution in [0.15, 0.2) is 16.6 Å². The van der Waals surface area contributed by atoms with Crippen LogP contribution in [0.4, 0.5) is 5.95 Å². The first-order chi connectivity index (χ1) is 6.74. The van der Waals surface area contributed by atoms with Crippen molar-refractivity contribution >= 4 is 18.0 Å². The predicted octanol–water partition coefficient (Wildman–Crippen LogP) is -0.733. The van der Waals surface area contributed by atoms with Gasteiger partial charge in [-0.1, -0.05) is 5.16 Å². The lowest BCUT2D eigenvalue weighted by atomic mass is 10.7. The van der Waals surface area contributed by atoms with E-state index in [1.807, 2.05) is 0 Å². The Balaban J connectivity index is 2.69. The molecular weight excluding hydrogens is 194 g/mol. The molecule has 0 atom stereocenters. The number of rotatable bonds is 3. The van der Waals surface area contributed by atoms with E-state index in [0.29, 0.717) is 6.21 Å². The highest BCUT2D eigenvalue weighted by atomic mass is 16.6. The van der Waals surface area contributed by atoms with Crippen LogP contribution in [0.3, 0.4) is 0 Å². The van der Waals surface area contributed by atoms with Gasteiger partial charge in [0, 0.05) is 0 Å². The minimum absolute atomic E-state index is 0.135. The molecule has 0 unspecified atom stereocenters. The Bertz CT molecular complexity index is 355. The van der Waals surface area contributed by atoms with E-state index in [-0.39, 0.29) is 5.95 Å². The Kier molecular flexibility index (Phi) is 3.07. The molecule has 1 aromatic heterocycles. The SMILES string of the molecule is O=[N+]([O-])C(/C=N/O)=N\Nc1ncn[nH]1. The lowest BCUT2D eigenvalue weighted by Gasteiger charge is -1.89. The maximum Gasteiger partial charge on any atom is 0.409 e. The molecule has 0 amide bonds. The van der Waals surface area contributed by atoms with Crippen molar-refractivity contribution in [2.75, 3.05) is 5.43 Å². The van der Waals surface area contributed by atoms with Gasteiger partial charge in [0.2, 0.25) is 0 Å². The fraction of sp³-hybridized carbons (Fsp3) is 0. The number of nitro groups is 1. The molecule has 0 radical (unpaired) electrons. The van der Waals surface area contributed by atoms with Crippen LogP contribution in [0.1, 0.15) is 0 Å². The van der Waals surface area contributed by atoms with E-state index in [2.05, 4.69) is 30.9 Å². The first kappa shape index (κ1) is 9.57. The summed E-state index contributed by atoms with van der Waals surface area (Å²) in [6.07, 6.45) is 1.77. The Morgan fingerprint density at radius 2 is 2.64 bits per heavy atom. The van der Waals surface area contributed by atoms with Gasteiger partial charge in [-0.3, -0.25) is 0 Å². The number of nitrogens with one attached hydrogen (secondary N) is 2. The zero-order valence-corrected chi connectivity index (χ0v) is 6.65. The van der Waals surface area contributed by atoms with E-state index in [1.54, 1.807) is 0 Å². The van der Waals surface area contributed by atoms with Gasteiger partial charge >= 0.3 is 5.84 Å². The molecule has 0 saturated heterocycles. The lowest BCUT2D eigenvalue weighted by molar-refractivity contribution is -0.345. The zero-order valence-electron chi connectivity index (χ0n) is 6.65. The average Bonchev–Trinajstić information content (AvgIpc) is 2.64. The number of H-pyrrole nitrogens is 1. The molecule has 0 saturated carbocycles. The molecule has 1 rings (SSSR count). The first-order valence-corrected chi connectivity index (χ1v) is 3.25. The standard InChI is InChI=1S/C4H5N7O3/c12-7-1-3(11(13)14)8-10-4-5-2-6-9-4/h1-2,12H,(H2,5,6,9,10)/b7-1+,8-3-. The van der Waals surface area contributed by atoms with Gasteiger partial charge in [0.15, 0.2) is 6.21 Å². The van der Waals surface area contributed by atoms with Crippen molar-refractivity contribution in [3.63, 3.8) is 0 Å². The molecule has 0 aliphatic heterocycles. The number of amidine groups is 1. The Labute approximate surface area is 76.5 Å². The van der Waals surface area contributed by atoms with Gasteiger partial charge in [-0.05, 0) is 4.92 Å². The van der Waals surface area contributed by atoms with Crippen molar-refractivity contribution < 1.29 is 10.1 Å². The van der Waals surface area contributed by atoms with Gasteiger partial charge in [-0.15, -0.1) is 5.43 Å². The lowest BCUT2D eigenvalue weighted by Crippen LogP contribution is -2.15. The summed E-state index contributed by atoms with van der Waals surface area (Å²) in [4.78, 5) is 13.0. The maximum absolute atomic E-state index is 10.2. The Hall–Kier alpha value is -2.52. The van der Waals surface area contributed by atoms with Crippen molar-refractivity contribution in [1.82, 2.24) is 15.2 Å². The number of hydrogen-bond donors (Lipinski definition) is 3. The topological polar surface area (TPSA) is 142 Å². The number of anilines is 1. The summed E-state index contributed by atoms with van der Waals surface area (Å²) in [7, 11) is 0. The molecule has 0 spiro atoms. The monoisotopic (exact) mass is 199 g/mol. The molecule has 10 heteroatoms. The molecule has 1 heterocycles. The van der Waals surface area contributed by atoms with Gasteiger partial charge in [0.1, 0.15) is 6.33 Å². The first-order valence-electron chi connectivity index (χ1n) is 3.25. The molecule has 14 heavy (non-hydrogen) atoms. The molecule has 0 aliphatic rings. The van der Waals surface area contributed by atoms with Crippen molar-refractivity contribution in [3.05, 3.63) is 16.4 Å². The largest absolute Gasteiger partial charge is 0.411 e. The second kappa shape index (κ2) is 4.49. The van der Waals surface area contributed by atoms with Gasteiger partial charge < -0.3 is 15.3 Å². The molecule has 0 bridgehead atoms. The quantitative estimate of drug-likeness (QED) is 0.192. The Morgan fingerprint density at radius 1 is 1.86 bits per heavy atom. The van der Waals surface area contributed by atoms with Gasteiger partial charge in [-0.2, -0.15) is 10.1 Å². The number of hydrogen-bond acceptors (Lipinski definition) is 8. The summed E-state index contributed by atoms with van der Waals surface area (Å²) in [6.45, 7) is 0. The van der Waals surface area contributed by atoms with Crippen LogP contribution in [-0.2, 0) is 0 Å². The smallest absolute Gasteiger partial charge is 0.409 e. The van der Waals surface area contributed by atoms with Crippen molar-refractivity contribution in [3.8, 4) is 0 Å². The third-order valence-corrected chi connectivity index (χ3v) is 1.05. The molecule has 0 aliphatic carbocycles. The third-order valence-electron chi connectivity index (χ3n) is 1.05. The molecule has 3 N–H and O–H groups in total. The van der Waals surface area contributed by atoms with E-state index in [4.69, 9.17) is 5.21 Å². The molecule has 10 nitrogen and oxygen atoms in total. The molecule has 1 aromatic rings. The van der Waals surface area contributed by atoms with Crippen LogP contribution in [-0.4, -0.2) is 37.4 Å². The minimum Gasteiger partial charge on any atom is -0.411 e. The van der Waals surface area contributed by atoms with Gasteiger partial charge in [0.25, 0.3) is 5.95 Å². The van der Waals surface area contributed by atoms with Crippen LogP contribution in [0.25, 0.3) is 0 Å². The highest BCUT2D eigenvalue weighted by molar-refractivity contribution is 6.25. The second-order valence-electron chi connectivity index (χ2n) is 1.92. The van der Waals surface area contributed by atoms with Crippen LogP contribution in [0, 0.1) is 10.1 Å². The summed E-state index contributed by atoms with van der Waals surface area (Å²) in [6, 6.07) is 0. The van der Waals surface area contributed by atoms with Crippen LogP contribution in [0.5, 0.6) is 0 Å². The van der Waals surface area contributed by atoms with Gasteiger partial charge in [0.05, 0.1) is 5.10 Å². The number of hydrazone groups is 1. The van der Waals surface area contributed by atoms with E-state index in [1.165, 1.54) is 6.33 Å². The highest BCUT2D eigenvalue weighted by Crippen LogP contribution is 1.91. The molecule has 0 fully saturated rings. The highest BCUT2D eigenvalue weighted by Gasteiger charge is 2.09. The Morgan fingerprint density at radius 3 is 3.14 bits per heavy atom. The second-order valence-corrected chi connectivity index (χ2v) is 1.92. The third kappa shape index (κ3) is 2.51. The number of oxime groups is 1. The van der Waals surface area contributed by atoms with Crippen molar-refractivity contribution in [2.45, 2.75) is 0 Å². The van der Waals surface area contributed by atoms with Crippen molar-refractivity contribution in [1.29, 1.82) is 0 Å². The molecular formula is C4H5N7O3. The zero-order chi connectivity index (χ0) is 10.4. The summed E-state index contributed by atoms with van der Waals surface area (Å²) >= 11 is 0. The fourth-order valence-corrected chi connectivity index (χ4v) is 0.538. The van der Waals surface area contributed by atoms with Crippen LogP contribution >= 0.6 is 0 Å². The number of aromatic amines is 1. The summed E-state index contributed by atoms with van der Waals surface area (Å²) in [5.41, 5.74) is 2.21. The normalized spacial score (nSPS) is 11.9. The van der Waals surface area contributed by atoms with E-state index in [9.17, 15) is 10.1 Å². The summed E-state index contributed by atoms with van der Waals surface area (Å²) in [5, 5.41) is 29.9. The molecule has 0 aromatic carbocycles. The number of nitrogens with zero attached hydrogens (tertiary/aromatic N) is 5. The fourth-order valence-electron chi connectivity index (χ4n) is 0.538. The van der Waals surface area contributed by atoms with E-state index >= 15 is 0 Å². The maximum atomic E-state index is 10.2. The predicted molar refractivity (Wildman–Crippen MR) is 44.7 cm³/mol. The number of aromatic nitrogens is 3. The van der Waals surface area contributed by atoms with Crippen LogP contribution in [0.2, 0.25) is 0 Å². The summed E-state index contributed by atoms with van der Waals surface area (Å²) in [5.74, 6) is -0.528. The van der Waals surface area contributed by atoms with Gasteiger partial charge in [-0.25, -0.2) is 5.10 Å².